The maximum atomic E-state index is 5.74. The summed E-state index contributed by atoms with van der Waals surface area (Å²) in [4.78, 5) is 0. The summed E-state index contributed by atoms with van der Waals surface area (Å²) in [6.45, 7) is 2.88. The van der Waals surface area contributed by atoms with Crippen LogP contribution in [0.4, 0.5) is 0 Å². The van der Waals surface area contributed by atoms with Crippen LogP contribution in [-0.2, 0) is 0 Å². The van der Waals surface area contributed by atoms with Gasteiger partial charge < -0.3 is 9.47 Å². The smallest absolute Gasteiger partial charge is 0.161 e. The molecule has 0 spiro atoms. The Morgan fingerprint density at radius 3 is 2.71 bits per heavy atom. The molecule has 1 heterocycles. The summed E-state index contributed by atoms with van der Waals surface area (Å²) >= 11 is 0. The third kappa shape index (κ3) is 4.59. The van der Waals surface area contributed by atoms with Gasteiger partial charge in [-0.2, -0.15) is 5.10 Å². The number of methoxy groups -OCH3 is 1. The first-order valence-electron chi connectivity index (χ1n) is 7.03. The highest BCUT2D eigenvalue weighted by atomic mass is 16.5. The number of hydrogen-bond acceptors (Lipinski definition) is 5. The van der Waals surface area contributed by atoms with Crippen LogP contribution in [0.5, 0.6) is 11.5 Å². The second-order valence-electron chi connectivity index (χ2n) is 4.55. The molecular formula is C15H20N4O2. The normalized spacial score (nSPS) is 11.0. The Balaban J connectivity index is 2.01. The Morgan fingerprint density at radius 2 is 2.00 bits per heavy atom. The van der Waals surface area contributed by atoms with Gasteiger partial charge in [0.15, 0.2) is 11.5 Å². The third-order valence-electron chi connectivity index (χ3n) is 2.94. The van der Waals surface area contributed by atoms with Gasteiger partial charge >= 0.3 is 0 Å². The van der Waals surface area contributed by atoms with Gasteiger partial charge in [-0.1, -0.05) is 19.8 Å². The van der Waals surface area contributed by atoms with Gasteiger partial charge in [0.2, 0.25) is 0 Å². The van der Waals surface area contributed by atoms with E-state index in [0.29, 0.717) is 12.4 Å². The molecule has 0 amide bonds. The van der Waals surface area contributed by atoms with E-state index in [-0.39, 0.29) is 0 Å². The van der Waals surface area contributed by atoms with Gasteiger partial charge in [-0.15, -0.1) is 10.2 Å². The molecule has 2 rings (SSSR count). The minimum absolute atomic E-state index is 0.707. The molecule has 0 unspecified atom stereocenters. The summed E-state index contributed by atoms with van der Waals surface area (Å²) in [6.07, 6.45) is 8.17. The van der Waals surface area contributed by atoms with Crippen molar-refractivity contribution in [1.29, 1.82) is 0 Å². The van der Waals surface area contributed by atoms with E-state index in [4.69, 9.17) is 9.47 Å². The van der Waals surface area contributed by atoms with Crippen LogP contribution in [0.2, 0.25) is 0 Å². The summed E-state index contributed by atoms with van der Waals surface area (Å²) < 4.78 is 12.6. The van der Waals surface area contributed by atoms with Gasteiger partial charge in [-0.3, -0.25) is 0 Å². The van der Waals surface area contributed by atoms with Gasteiger partial charge in [0.25, 0.3) is 0 Å². The lowest BCUT2D eigenvalue weighted by atomic mass is 10.2. The molecular weight excluding hydrogens is 268 g/mol. The fourth-order valence-corrected chi connectivity index (χ4v) is 1.81. The summed E-state index contributed by atoms with van der Waals surface area (Å²) in [5.41, 5.74) is 0.918. The molecule has 1 aromatic heterocycles. The summed E-state index contributed by atoms with van der Waals surface area (Å²) in [7, 11) is 1.63. The predicted octanol–water partition coefficient (Wildman–Crippen LogP) is 2.74. The number of nitrogens with zero attached hydrogens (tertiary/aromatic N) is 4. The van der Waals surface area contributed by atoms with E-state index in [1.807, 2.05) is 18.2 Å². The maximum Gasteiger partial charge on any atom is 0.161 e. The number of aromatic nitrogens is 3. The molecule has 1 aromatic carbocycles. The van der Waals surface area contributed by atoms with Gasteiger partial charge in [-0.05, 0) is 30.2 Å². The van der Waals surface area contributed by atoms with Crippen LogP contribution in [0.1, 0.15) is 31.7 Å². The highest BCUT2D eigenvalue weighted by molar-refractivity contribution is 5.80. The van der Waals surface area contributed by atoms with E-state index < -0.39 is 0 Å². The number of benzene rings is 1. The molecule has 0 aliphatic rings. The van der Waals surface area contributed by atoms with Crippen LogP contribution in [0.3, 0.4) is 0 Å². The van der Waals surface area contributed by atoms with Crippen molar-refractivity contribution < 1.29 is 9.47 Å². The second kappa shape index (κ2) is 8.04. The van der Waals surface area contributed by atoms with E-state index in [1.165, 1.54) is 30.2 Å². The quantitative estimate of drug-likeness (QED) is 0.553. The van der Waals surface area contributed by atoms with Gasteiger partial charge in [0.1, 0.15) is 12.7 Å². The Bertz CT molecular complexity index is 567. The highest BCUT2D eigenvalue weighted by Crippen LogP contribution is 2.27. The Hall–Kier alpha value is -2.37. The molecule has 0 aliphatic carbocycles. The molecule has 0 N–H and O–H groups in total. The van der Waals surface area contributed by atoms with E-state index in [0.717, 1.165) is 17.7 Å². The van der Waals surface area contributed by atoms with Crippen LogP contribution in [0.15, 0.2) is 36.0 Å². The first kappa shape index (κ1) is 15.0. The zero-order chi connectivity index (χ0) is 14.9. The van der Waals surface area contributed by atoms with Crippen molar-refractivity contribution in [1.82, 2.24) is 14.9 Å². The van der Waals surface area contributed by atoms with Crippen LogP contribution in [0, 0.1) is 0 Å². The Morgan fingerprint density at radius 1 is 1.19 bits per heavy atom. The average molecular weight is 288 g/mol. The van der Waals surface area contributed by atoms with Crippen LogP contribution in [0.25, 0.3) is 0 Å². The molecule has 0 saturated carbocycles. The van der Waals surface area contributed by atoms with Gasteiger partial charge in [0, 0.05) is 0 Å². The Labute approximate surface area is 124 Å². The first-order chi connectivity index (χ1) is 10.3. The monoisotopic (exact) mass is 288 g/mol. The van der Waals surface area contributed by atoms with Crippen molar-refractivity contribution in [3.63, 3.8) is 0 Å². The summed E-state index contributed by atoms with van der Waals surface area (Å²) in [5, 5.41) is 11.6. The van der Waals surface area contributed by atoms with Gasteiger partial charge in [0.05, 0.1) is 19.9 Å². The topological polar surface area (TPSA) is 61.5 Å². The molecule has 0 radical (unpaired) electrons. The van der Waals surface area contributed by atoms with Crippen molar-refractivity contribution in [2.75, 3.05) is 13.7 Å². The van der Waals surface area contributed by atoms with Crippen LogP contribution in [-0.4, -0.2) is 34.8 Å². The fraction of sp³-hybridized carbons (Fsp3) is 0.400. The summed E-state index contributed by atoms with van der Waals surface area (Å²) in [6, 6.07) is 5.73. The molecule has 0 atom stereocenters. The lowest BCUT2D eigenvalue weighted by molar-refractivity contribution is 0.286. The van der Waals surface area contributed by atoms with Crippen LogP contribution >= 0.6 is 0 Å². The third-order valence-corrected chi connectivity index (χ3v) is 2.94. The van der Waals surface area contributed by atoms with Crippen LogP contribution < -0.4 is 9.47 Å². The largest absolute Gasteiger partial charge is 0.493 e. The number of hydrogen-bond donors (Lipinski definition) is 0. The molecule has 2 aromatic rings. The molecule has 21 heavy (non-hydrogen) atoms. The second-order valence-corrected chi connectivity index (χ2v) is 4.55. The first-order valence-corrected chi connectivity index (χ1v) is 7.03. The van der Waals surface area contributed by atoms with Crippen molar-refractivity contribution in [3.8, 4) is 11.5 Å². The van der Waals surface area contributed by atoms with E-state index >= 15 is 0 Å². The minimum atomic E-state index is 0.707. The zero-order valence-electron chi connectivity index (χ0n) is 12.4. The lowest BCUT2D eigenvalue weighted by Crippen LogP contribution is -2.00. The number of ether oxygens (including phenoxy) is 2. The highest BCUT2D eigenvalue weighted by Gasteiger charge is 2.04. The molecule has 0 bridgehead atoms. The van der Waals surface area contributed by atoms with E-state index in [1.54, 1.807) is 13.3 Å². The SMILES string of the molecule is CCCCCOc1ccc(/C=N\n2cnnc2)cc1OC. The standard InChI is InChI=1S/C15H20N4O2/c1-3-4-5-8-21-14-7-6-13(9-15(14)20-2)10-18-19-11-16-17-12-19/h6-7,9-12H,3-5,8H2,1-2H3/b18-10-. The van der Waals surface area contributed by atoms with E-state index in [9.17, 15) is 0 Å². The van der Waals surface area contributed by atoms with Crippen molar-refractivity contribution in [2.24, 2.45) is 5.10 Å². The Kier molecular flexibility index (Phi) is 5.75. The number of rotatable bonds is 8. The van der Waals surface area contributed by atoms with E-state index in [2.05, 4.69) is 22.2 Å². The molecule has 112 valence electrons. The fourth-order valence-electron chi connectivity index (χ4n) is 1.81. The molecule has 0 fully saturated rings. The average Bonchev–Trinajstić information content (AvgIpc) is 3.03. The number of unbranched alkanes of at least 4 members (excludes halogenated alkanes) is 2. The zero-order valence-corrected chi connectivity index (χ0v) is 12.4. The molecule has 6 heteroatoms. The predicted molar refractivity (Wildman–Crippen MR) is 81.0 cm³/mol. The molecule has 0 saturated heterocycles. The lowest BCUT2D eigenvalue weighted by Gasteiger charge is -2.11. The molecule has 0 aliphatic heterocycles. The molecule has 6 nitrogen and oxygen atoms in total. The maximum absolute atomic E-state index is 5.74. The van der Waals surface area contributed by atoms with Crippen molar-refractivity contribution in [2.45, 2.75) is 26.2 Å². The van der Waals surface area contributed by atoms with Gasteiger partial charge in [-0.25, -0.2) is 4.68 Å². The van der Waals surface area contributed by atoms with Crippen molar-refractivity contribution in [3.05, 3.63) is 36.4 Å². The van der Waals surface area contributed by atoms with Crippen molar-refractivity contribution >= 4 is 6.21 Å². The minimum Gasteiger partial charge on any atom is -0.493 e. The summed E-state index contributed by atoms with van der Waals surface area (Å²) in [5.74, 6) is 1.47.